The average Bonchev–Trinajstić information content (AvgIpc) is 1.94. The zero-order valence-corrected chi connectivity index (χ0v) is 8.01. The summed E-state index contributed by atoms with van der Waals surface area (Å²) in [5.41, 5.74) is -0.512. The van der Waals surface area contributed by atoms with Crippen LogP contribution in [0.25, 0.3) is 0 Å². The molecule has 0 aromatic heterocycles. The van der Waals surface area contributed by atoms with Crippen LogP contribution in [0.5, 0.6) is 0 Å². The van der Waals surface area contributed by atoms with E-state index >= 15 is 0 Å². The smallest absolute Gasteiger partial charge is 0.408 e. The molecule has 72 valence electrons. The van der Waals surface area contributed by atoms with Gasteiger partial charge in [-0.15, -0.1) is 0 Å². The first-order valence-corrected chi connectivity index (χ1v) is 3.84. The summed E-state index contributed by atoms with van der Waals surface area (Å²) in [6, 6.07) is 0. The molecule has 0 aliphatic heterocycles. The number of amides is 1. The van der Waals surface area contributed by atoms with Gasteiger partial charge in [-0.1, -0.05) is 5.92 Å². The summed E-state index contributed by atoms with van der Waals surface area (Å²) in [5, 5.41) is 2.38. The van der Waals surface area contributed by atoms with Gasteiger partial charge in [-0.25, -0.2) is 4.79 Å². The van der Waals surface area contributed by atoms with E-state index in [1.807, 2.05) is 0 Å². The monoisotopic (exact) mass is 183 g/mol. The lowest BCUT2D eigenvalue weighted by Gasteiger charge is -2.18. The second-order valence-corrected chi connectivity index (χ2v) is 3.29. The number of nitrogens with one attached hydrogen (secondary N) is 1. The lowest BCUT2D eigenvalue weighted by molar-refractivity contribution is -0.103. The van der Waals surface area contributed by atoms with Gasteiger partial charge in [0.2, 0.25) is 0 Å². The summed E-state index contributed by atoms with van der Waals surface area (Å²) in [5.74, 6) is 4.59. The van der Waals surface area contributed by atoms with E-state index in [0.29, 0.717) is 6.29 Å². The highest BCUT2D eigenvalue weighted by Crippen LogP contribution is 2.05. The van der Waals surface area contributed by atoms with E-state index in [9.17, 15) is 9.59 Å². The standard InChI is InChI=1S/C9H13NO3/c1-9(2,3)13-8(12)10-6-4-5-7-11/h7H,6H2,1-3H3,(H,10,12). The second kappa shape index (κ2) is 5.20. The Morgan fingerprint density at radius 3 is 2.62 bits per heavy atom. The number of aldehydes is 1. The molecule has 0 aromatic rings. The first-order chi connectivity index (χ1) is 5.95. The zero-order valence-electron chi connectivity index (χ0n) is 8.01. The normalized spacial score (nSPS) is 9.46. The number of hydrogen-bond donors (Lipinski definition) is 1. The first-order valence-electron chi connectivity index (χ1n) is 3.84. The van der Waals surface area contributed by atoms with Crippen molar-refractivity contribution in [2.24, 2.45) is 0 Å². The van der Waals surface area contributed by atoms with Gasteiger partial charge in [-0.3, -0.25) is 4.79 Å². The van der Waals surface area contributed by atoms with Crippen LogP contribution in [0.2, 0.25) is 0 Å². The molecule has 0 atom stereocenters. The summed E-state index contributed by atoms with van der Waals surface area (Å²) in [7, 11) is 0. The van der Waals surface area contributed by atoms with Crippen molar-refractivity contribution in [3.8, 4) is 11.8 Å². The highest BCUT2D eigenvalue weighted by Gasteiger charge is 2.14. The van der Waals surface area contributed by atoms with Crippen molar-refractivity contribution in [3.63, 3.8) is 0 Å². The van der Waals surface area contributed by atoms with Gasteiger partial charge in [0, 0.05) is 0 Å². The molecule has 0 saturated heterocycles. The molecule has 1 amide bonds. The Hall–Kier alpha value is -1.50. The van der Waals surface area contributed by atoms with Crippen LogP contribution in [0, 0.1) is 11.8 Å². The second-order valence-electron chi connectivity index (χ2n) is 3.29. The molecule has 0 rings (SSSR count). The van der Waals surface area contributed by atoms with E-state index in [2.05, 4.69) is 17.2 Å². The predicted molar refractivity (Wildman–Crippen MR) is 48.1 cm³/mol. The molecule has 0 fully saturated rings. The van der Waals surface area contributed by atoms with Crippen molar-refractivity contribution in [2.45, 2.75) is 26.4 Å². The van der Waals surface area contributed by atoms with E-state index in [0.717, 1.165) is 0 Å². The van der Waals surface area contributed by atoms with Crippen LogP contribution in [0.15, 0.2) is 0 Å². The van der Waals surface area contributed by atoms with Gasteiger partial charge >= 0.3 is 6.09 Å². The summed E-state index contributed by atoms with van der Waals surface area (Å²) < 4.78 is 4.91. The quantitative estimate of drug-likeness (QED) is 0.481. The van der Waals surface area contributed by atoms with Crippen LogP contribution in [-0.2, 0) is 9.53 Å². The van der Waals surface area contributed by atoms with Crippen LogP contribution in [-0.4, -0.2) is 24.5 Å². The zero-order chi connectivity index (χ0) is 10.3. The molecule has 0 aliphatic rings. The molecule has 1 N–H and O–H groups in total. The summed E-state index contributed by atoms with van der Waals surface area (Å²) in [6.45, 7) is 5.42. The lowest BCUT2D eigenvalue weighted by Crippen LogP contribution is -2.32. The average molecular weight is 183 g/mol. The summed E-state index contributed by atoms with van der Waals surface area (Å²) in [4.78, 5) is 20.7. The van der Waals surface area contributed by atoms with Gasteiger partial charge in [0.25, 0.3) is 0 Å². The van der Waals surface area contributed by atoms with E-state index < -0.39 is 11.7 Å². The number of alkyl carbamates (subject to hydrolysis) is 1. The van der Waals surface area contributed by atoms with Crippen LogP contribution in [0.1, 0.15) is 20.8 Å². The maximum Gasteiger partial charge on any atom is 0.408 e. The van der Waals surface area contributed by atoms with Crippen molar-refractivity contribution in [1.82, 2.24) is 5.32 Å². The third-order valence-electron chi connectivity index (χ3n) is 0.881. The molecule has 0 saturated carbocycles. The Morgan fingerprint density at radius 2 is 2.15 bits per heavy atom. The molecule has 0 bridgehead atoms. The van der Waals surface area contributed by atoms with Crippen LogP contribution < -0.4 is 5.32 Å². The highest BCUT2D eigenvalue weighted by atomic mass is 16.6. The Kier molecular flexibility index (Phi) is 4.60. The Labute approximate surface area is 77.6 Å². The van der Waals surface area contributed by atoms with Gasteiger partial charge < -0.3 is 10.1 Å². The van der Waals surface area contributed by atoms with Crippen molar-refractivity contribution < 1.29 is 14.3 Å². The summed E-state index contributed by atoms with van der Waals surface area (Å²) in [6.07, 6.45) is -0.0655. The molecule has 0 spiro atoms. The SMILES string of the molecule is CC(C)(C)OC(=O)NCC#CC=O. The van der Waals surface area contributed by atoms with Crippen molar-refractivity contribution >= 4 is 12.4 Å². The third-order valence-corrected chi connectivity index (χ3v) is 0.881. The molecular weight excluding hydrogens is 170 g/mol. The molecule has 13 heavy (non-hydrogen) atoms. The van der Waals surface area contributed by atoms with Crippen LogP contribution in [0.3, 0.4) is 0 Å². The van der Waals surface area contributed by atoms with Gasteiger partial charge in [-0.05, 0) is 26.7 Å². The Balaban J connectivity index is 3.70. The Morgan fingerprint density at radius 1 is 1.54 bits per heavy atom. The fourth-order valence-electron chi connectivity index (χ4n) is 0.523. The molecule has 0 heterocycles. The van der Waals surface area contributed by atoms with E-state index in [-0.39, 0.29) is 6.54 Å². The number of rotatable bonds is 1. The topological polar surface area (TPSA) is 55.4 Å². The molecule has 0 aliphatic carbocycles. The predicted octanol–water partition coefficient (Wildman–Crippen LogP) is 0.713. The molecule has 4 heteroatoms. The maximum atomic E-state index is 10.9. The number of hydrogen-bond acceptors (Lipinski definition) is 3. The van der Waals surface area contributed by atoms with E-state index in [1.54, 1.807) is 20.8 Å². The molecule has 0 unspecified atom stereocenters. The minimum Gasteiger partial charge on any atom is -0.444 e. The number of carbonyl (C=O) groups is 2. The largest absolute Gasteiger partial charge is 0.444 e. The van der Waals surface area contributed by atoms with Crippen molar-refractivity contribution in [3.05, 3.63) is 0 Å². The van der Waals surface area contributed by atoms with Gasteiger partial charge in [0.1, 0.15) is 5.60 Å². The van der Waals surface area contributed by atoms with Gasteiger partial charge in [0.15, 0.2) is 6.29 Å². The fourth-order valence-corrected chi connectivity index (χ4v) is 0.523. The lowest BCUT2D eigenvalue weighted by atomic mass is 10.2. The molecule has 0 aromatic carbocycles. The van der Waals surface area contributed by atoms with Crippen molar-refractivity contribution in [2.75, 3.05) is 6.54 Å². The maximum absolute atomic E-state index is 10.9. The van der Waals surface area contributed by atoms with Crippen LogP contribution >= 0.6 is 0 Å². The van der Waals surface area contributed by atoms with Gasteiger partial charge in [-0.2, -0.15) is 0 Å². The highest BCUT2D eigenvalue weighted by molar-refractivity contribution is 5.73. The fraction of sp³-hybridized carbons (Fsp3) is 0.556. The summed E-state index contributed by atoms with van der Waals surface area (Å²) >= 11 is 0. The third kappa shape index (κ3) is 8.41. The minimum absolute atomic E-state index is 0.119. The van der Waals surface area contributed by atoms with Gasteiger partial charge in [0.05, 0.1) is 6.54 Å². The molecule has 0 radical (unpaired) electrons. The van der Waals surface area contributed by atoms with E-state index in [1.165, 1.54) is 0 Å². The minimum atomic E-state index is -0.535. The number of carbonyl (C=O) groups excluding carboxylic acids is 2. The van der Waals surface area contributed by atoms with Crippen molar-refractivity contribution in [1.29, 1.82) is 0 Å². The number of ether oxygens (including phenoxy) is 1. The van der Waals surface area contributed by atoms with E-state index in [4.69, 9.17) is 4.74 Å². The first kappa shape index (κ1) is 11.5. The molecule has 4 nitrogen and oxygen atoms in total. The Bertz CT molecular complexity index is 242. The van der Waals surface area contributed by atoms with Crippen LogP contribution in [0.4, 0.5) is 4.79 Å². The molecular formula is C9H13NO3.